The summed E-state index contributed by atoms with van der Waals surface area (Å²) in [4.78, 5) is 28.0. The Morgan fingerprint density at radius 2 is 1.63 bits per heavy atom. The summed E-state index contributed by atoms with van der Waals surface area (Å²) in [6.07, 6.45) is 1.43. The van der Waals surface area contributed by atoms with E-state index in [4.69, 9.17) is 4.74 Å². The first-order chi connectivity index (χ1) is 19.8. The summed E-state index contributed by atoms with van der Waals surface area (Å²) in [7, 11) is 0. The fraction of sp³-hybridized carbons (Fsp3) is 0.375. The van der Waals surface area contributed by atoms with Gasteiger partial charge in [0.25, 0.3) is 0 Å². The van der Waals surface area contributed by atoms with Crippen LogP contribution in [0.25, 0.3) is 0 Å². The second-order valence-electron chi connectivity index (χ2n) is 11.2. The van der Waals surface area contributed by atoms with E-state index < -0.39 is 23.9 Å². The van der Waals surface area contributed by atoms with Crippen LogP contribution in [0.5, 0.6) is 5.75 Å². The highest BCUT2D eigenvalue weighted by atomic mass is 19.1. The van der Waals surface area contributed by atoms with Crippen molar-refractivity contribution in [2.75, 3.05) is 13.1 Å². The molecule has 3 heterocycles. The van der Waals surface area contributed by atoms with E-state index in [0.29, 0.717) is 30.9 Å². The van der Waals surface area contributed by atoms with E-state index in [2.05, 4.69) is 22.3 Å². The lowest BCUT2D eigenvalue weighted by Crippen LogP contribution is -2.51. The van der Waals surface area contributed by atoms with Gasteiger partial charge >= 0.3 is 0 Å². The molecule has 2 atom stereocenters. The van der Waals surface area contributed by atoms with Crippen molar-refractivity contribution >= 4 is 11.8 Å². The fourth-order valence-electron chi connectivity index (χ4n) is 6.25. The minimum Gasteiger partial charge on any atom is -0.489 e. The maximum absolute atomic E-state index is 13.6. The van der Waals surface area contributed by atoms with Crippen molar-refractivity contribution in [3.05, 3.63) is 100 Å². The first-order valence-electron chi connectivity index (χ1n) is 14.1. The molecule has 41 heavy (non-hydrogen) atoms. The zero-order chi connectivity index (χ0) is 28.5. The summed E-state index contributed by atoms with van der Waals surface area (Å²) < 4.78 is 33.4. The number of piperidine rings is 2. The van der Waals surface area contributed by atoms with Crippen LogP contribution in [0.1, 0.15) is 65.6 Å². The van der Waals surface area contributed by atoms with Crippen LogP contribution in [-0.4, -0.2) is 45.9 Å². The van der Waals surface area contributed by atoms with Gasteiger partial charge in [0.2, 0.25) is 11.8 Å². The van der Waals surface area contributed by atoms with Crippen LogP contribution >= 0.6 is 0 Å². The molecular formula is C32H33F2N3O4. The van der Waals surface area contributed by atoms with Gasteiger partial charge in [0, 0.05) is 36.7 Å². The molecule has 0 bridgehead atoms. The van der Waals surface area contributed by atoms with Crippen molar-refractivity contribution in [2.45, 2.75) is 63.6 Å². The number of aliphatic hydroxyl groups excluding tert-OH is 1. The summed E-state index contributed by atoms with van der Waals surface area (Å²) in [5.74, 6) is -0.850. The van der Waals surface area contributed by atoms with Crippen LogP contribution in [0, 0.1) is 11.6 Å². The maximum Gasteiger partial charge on any atom is 0.244 e. The smallest absolute Gasteiger partial charge is 0.244 e. The lowest BCUT2D eigenvalue weighted by Gasteiger charge is -2.32. The van der Waals surface area contributed by atoms with Crippen LogP contribution in [0.4, 0.5) is 8.78 Å². The fourth-order valence-corrected chi connectivity index (χ4v) is 6.25. The molecule has 9 heteroatoms. The van der Waals surface area contributed by atoms with E-state index in [1.54, 1.807) is 4.90 Å². The molecule has 2 N–H and O–H groups in total. The van der Waals surface area contributed by atoms with Crippen LogP contribution < -0.4 is 10.1 Å². The number of fused-ring (bicyclic) bond motifs is 1. The third-order valence-corrected chi connectivity index (χ3v) is 8.48. The Bertz CT molecular complexity index is 1420. The molecule has 0 radical (unpaired) electrons. The number of hydrogen-bond acceptors (Lipinski definition) is 6. The number of likely N-dealkylation sites (tertiary alicyclic amines) is 1. The van der Waals surface area contributed by atoms with Crippen molar-refractivity contribution in [1.82, 2.24) is 15.1 Å². The Morgan fingerprint density at radius 1 is 0.927 bits per heavy atom. The molecule has 3 aliphatic heterocycles. The highest BCUT2D eigenvalue weighted by molar-refractivity contribution is 6.00. The molecule has 214 valence electrons. The van der Waals surface area contributed by atoms with Gasteiger partial charge in [0.1, 0.15) is 30.2 Å². The summed E-state index contributed by atoms with van der Waals surface area (Å²) in [6, 6.07) is 17.1. The average molecular weight is 562 g/mol. The molecule has 2 unspecified atom stereocenters. The number of imide groups is 1. The largest absolute Gasteiger partial charge is 0.489 e. The lowest BCUT2D eigenvalue weighted by molar-refractivity contribution is -0.141. The lowest BCUT2D eigenvalue weighted by atomic mass is 9.89. The number of amides is 2. The zero-order valence-electron chi connectivity index (χ0n) is 22.7. The molecule has 3 aromatic carbocycles. The second-order valence-corrected chi connectivity index (χ2v) is 11.2. The Balaban J connectivity index is 1.02. The molecule has 6 rings (SSSR count). The summed E-state index contributed by atoms with van der Waals surface area (Å²) >= 11 is 0. The average Bonchev–Trinajstić information content (AvgIpc) is 3.29. The van der Waals surface area contributed by atoms with Crippen molar-refractivity contribution < 1.29 is 28.2 Å². The normalized spacial score (nSPS) is 22.0. The molecule has 3 aromatic rings. The van der Waals surface area contributed by atoms with Crippen molar-refractivity contribution in [1.29, 1.82) is 0 Å². The van der Waals surface area contributed by atoms with Gasteiger partial charge in [0.05, 0.1) is 6.04 Å². The van der Waals surface area contributed by atoms with Gasteiger partial charge in [-0.15, -0.1) is 0 Å². The number of aliphatic hydroxyl groups is 1. The number of carbonyl (C=O) groups is 2. The Morgan fingerprint density at radius 3 is 2.34 bits per heavy atom. The van der Waals surface area contributed by atoms with Crippen LogP contribution in [0.2, 0.25) is 0 Å². The van der Waals surface area contributed by atoms with E-state index >= 15 is 0 Å². The zero-order valence-corrected chi connectivity index (χ0v) is 22.7. The van der Waals surface area contributed by atoms with E-state index in [9.17, 15) is 23.5 Å². The predicted octanol–water partition coefficient (Wildman–Crippen LogP) is 4.54. The maximum atomic E-state index is 13.6. The molecule has 7 nitrogen and oxygen atoms in total. The van der Waals surface area contributed by atoms with Gasteiger partial charge < -0.3 is 9.84 Å². The van der Waals surface area contributed by atoms with Gasteiger partial charge in [0.15, 0.2) is 0 Å². The number of hydrogen-bond donors (Lipinski definition) is 2. The van der Waals surface area contributed by atoms with E-state index in [1.165, 1.54) is 17.7 Å². The Kier molecular flexibility index (Phi) is 7.84. The predicted molar refractivity (Wildman–Crippen MR) is 148 cm³/mol. The molecule has 2 amide bonds. The van der Waals surface area contributed by atoms with Crippen LogP contribution in [0.15, 0.2) is 60.7 Å². The quantitative estimate of drug-likeness (QED) is 0.413. The molecule has 0 saturated carbocycles. The standard InChI is InChI=1S/C32H33F2N3O4/c33-24-14-23(15-25(34)16-24)22-10-12-36(13-11-22)17-20-4-6-21(7-5-20)19-41-29-3-1-2-26-27(29)18-37(32(26)40)28-8-9-30(38)35-31(28)39/h1-7,14-16,22,28,32,40H,8-13,17-19H2,(H,35,38,39). The van der Waals surface area contributed by atoms with Gasteiger partial charge in [-0.3, -0.25) is 24.7 Å². The topological polar surface area (TPSA) is 82.1 Å². The number of nitrogens with one attached hydrogen (secondary N) is 1. The molecule has 0 aromatic heterocycles. The number of ether oxygens (including phenoxy) is 1. The minimum atomic E-state index is -0.933. The number of benzene rings is 3. The Labute approximate surface area is 237 Å². The third kappa shape index (κ3) is 6.02. The minimum absolute atomic E-state index is 0.174. The summed E-state index contributed by atoms with van der Waals surface area (Å²) in [6.45, 7) is 3.28. The van der Waals surface area contributed by atoms with Gasteiger partial charge in [-0.1, -0.05) is 36.4 Å². The SMILES string of the molecule is O=C1CCC(N2Cc3c(OCc4ccc(CN5CCC(c6cc(F)cc(F)c6)CC5)cc4)cccc3C2O)C(=O)N1. The Hall–Kier alpha value is -3.66. The number of rotatable bonds is 7. The van der Waals surface area contributed by atoms with Gasteiger partial charge in [-0.2, -0.15) is 0 Å². The van der Waals surface area contributed by atoms with Gasteiger partial charge in [-0.25, -0.2) is 8.78 Å². The summed E-state index contributed by atoms with van der Waals surface area (Å²) in [5, 5.41) is 13.3. The summed E-state index contributed by atoms with van der Waals surface area (Å²) in [5.41, 5.74) is 4.51. The molecule has 0 spiro atoms. The molecule has 2 fully saturated rings. The van der Waals surface area contributed by atoms with Gasteiger partial charge in [-0.05, 0) is 73.2 Å². The monoisotopic (exact) mass is 561 g/mol. The highest BCUT2D eigenvalue weighted by Gasteiger charge is 2.40. The molecule has 3 aliphatic rings. The second kappa shape index (κ2) is 11.7. The first kappa shape index (κ1) is 27.5. The van der Waals surface area contributed by atoms with Crippen molar-refractivity contribution in [2.24, 2.45) is 0 Å². The molecule has 2 saturated heterocycles. The van der Waals surface area contributed by atoms with Crippen LogP contribution in [0.3, 0.4) is 0 Å². The van der Waals surface area contributed by atoms with Crippen molar-refractivity contribution in [3.8, 4) is 5.75 Å². The molecule has 0 aliphatic carbocycles. The van der Waals surface area contributed by atoms with Crippen LogP contribution in [-0.2, 0) is 29.3 Å². The third-order valence-electron chi connectivity index (χ3n) is 8.48. The van der Waals surface area contributed by atoms with E-state index in [1.807, 2.05) is 30.3 Å². The molecular weight excluding hydrogens is 528 g/mol. The first-order valence-corrected chi connectivity index (χ1v) is 14.1. The van der Waals surface area contributed by atoms with E-state index in [0.717, 1.165) is 55.2 Å². The van der Waals surface area contributed by atoms with E-state index in [-0.39, 0.29) is 24.2 Å². The number of halogens is 2. The number of carbonyl (C=O) groups excluding carboxylic acids is 2. The highest BCUT2D eigenvalue weighted by Crippen LogP contribution is 2.40. The number of nitrogens with zero attached hydrogens (tertiary/aromatic N) is 2. The van der Waals surface area contributed by atoms with Crippen molar-refractivity contribution in [3.63, 3.8) is 0 Å².